The zero-order chi connectivity index (χ0) is 13.9. The van der Waals surface area contributed by atoms with E-state index >= 15 is 0 Å². The highest BCUT2D eigenvalue weighted by molar-refractivity contribution is 5.18. The summed E-state index contributed by atoms with van der Waals surface area (Å²) in [4.78, 5) is 7.34. The van der Waals surface area contributed by atoms with E-state index in [2.05, 4.69) is 35.1 Å². The van der Waals surface area contributed by atoms with Crippen LogP contribution in [-0.2, 0) is 6.54 Å². The predicted molar refractivity (Wildman–Crippen MR) is 82.6 cm³/mol. The van der Waals surface area contributed by atoms with E-state index in [1.54, 1.807) is 0 Å². The highest BCUT2D eigenvalue weighted by Gasteiger charge is 2.37. The van der Waals surface area contributed by atoms with E-state index in [1.807, 2.05) is 12.3 Å². The maximum atomic E-state index is 4.60. The summed E-state index contributed by atoms with van der Waals surface area (Å²) in [6.45, 7) is 6.55. The van der Waals surface area contributed by atoms with Gasteiger partial charge >= 0.3 is 0 Å². The van der Waals surface area contributed by atoms with Crippen LogP contribution < -0.4 is 5.32 Å². The van der Waals surface area contributed by atoms with E-state index in [9.17, 15) is 0 Å². The minimum absolute atomic E-state index is 0.733. The Kier molecular flexibility index (Phi) is 4.37. The van der Waals surface area contributed by atoms with Crippen LogP contribution in [0.5, 0.6) is 0 Å². The first kappa shape index (κ1) is 14.0. The van der Waals surface area contributed by atoms with Crippen LogP contribution in [0.3, 0.4) is 0 Å². The van der Waals surface area contributed by atoms with Crippen LogP contribution in [0.4, 0.5) is 0 Å². The van der Waals surface area contributed by atoms with Gasteiger partial charge in [0.1, 0.15) is 0 Å². The van der Waals surface area contributed by atoms with Crippen LogP contribution in [0.15, 0.2) is 18.3 Å². The average molecular weight is 273 g/mol. The highest BCUT2D eigenvalue weighted by Crippen LogP contribution is 2.35. The third-order valence-electron chi connectivity index (χ3n) is 5.07. The molecule has 2 fully saturated rings. The standard InChI is InChI=1S/C17H27N3/c1-3-18-14-10-15-7-4-8-16(11-14)20(15)12-17-13(2)6-5-9-19-17/h5-6,9,14-16,18H,3-4,7-8,10-12H2,1-2H3. The lowest BCUT2D eigenvalue weighted by Crippen LogP contribution is -2.55. The Morgan fingerprint density at radius 1 is 1.30 bits per heavy atom. The van der Waals surface area contributed by atoms with Crippen molar-refractivity contribution in [3.8, 4) is 0 Å². The molecule has 2 unspecified atom stereocenters. The summed E-state index contributed by atoms with van der Waals surface area (Å²) < 4.78 is 0. The molecule has 20 heavy (non-hydrogen) atoms. The monoisotopic (exact) mass is 273 g/mol. The number of pyridine rings is 1. The van der Waals surface area contributed by atoms with Gasteiger partial charge in [0.25, 0.3) is 0 Å². The fraction of sp³-hybridized carbons (Fsp3) is 0.706. The van der Waals surface area contributed by atoms with Crippen LogP contribution in [0.2, 0.25) is 0 Å². The largest absolute Gasteiger partial charge is 0.314 e. The van der Waals surface area contributed by atoms with E-state index in [-0.39, 0.29) is 0 Å². The molecule has 0 saturated carbocycles. The van der Waals surface area contributed by atoms with Gasteiger partial charge in [0.05, 0.1) is 5.69 Å². The lowest BCUT2D eigenvalue weighted by molar-refractivity contribution is 0.0169. The van der Waals surface area contributed by atoms with Crippen molar-refractivity contribution in [1.82, 2.24) is 15.2 Å². The van der Waals surface area contributed by atoms with E-state index < -0.39 is 0 Å². The SMILES string of the molecule is CCNC1CC2CCCC(C1)N2Cc1ncccc1C. The van der Waals surface area contributed by atoms with Crippen LogP contribution in [0.1, 0.15) is 50.3 Å². The van der Waals surface area contributed by atoms with Gasteiger partial charge in [-0.1, -0.05) is 19.4 Å². The fourth-order valence-corrected chi connectivity index (χ4v) is 4.05. The first-order chi connectivity index (χ1) is 9.78. The lowest BCUT2D eigenvalue weighted by Gasteiger charge is -2.49. The lowest BCUT2D eigenvalue weighted by atomic mass is 9.81. The molecule has 3 heteroatoms. The van der Waals surface area contributed by atoms with Crippen molar-refractivity contribution in [3.05, 3.63) is 29.6 Å². The topological polar surface area (TPSA) is 28.2 Å². The van der Waals surface area contributed by atoms with Gasteiger partial charge in [-0.25, -0.2) is 0 Å². The summed E-state index contributed by atoms with van der Waals surface area (Å²) in [5.41, 5.74) is 2.60. The number of rotatable bonds is 4. The van der Waals surface area contributed by atoms with Crippen LogP contribution in [0, 0.1) is 6.92 Å². The zero-order valence-electron chi connectivity index (χ0n) is 12.8. The molecular weight excluding hydrogens is 246 g/mol. The van der Waals surface area contributed by atoms with Gasteiger partial charge in [-0.2, -0.15) is 0 Å². The Bertz CT molecular complexity index is 432. The number of nitrogens with one attached hydrogen (secondary N) is 1. The predicted octanol–water partition coefficient (Wildman–Crippen LogP) is 2.89. The molecule has 3 rings (SSSR count). The minimum atomic E-state index is 0.733. The maximum Gasteiger partial charge on any atom is 0.0573 e. The molecular formula is C17H27N3. The Labute approximate surface area is 122 Å². The average Bonchev–Trinajstić information content (AvgIpc) is 2.42. The van der Waals surface area contributed by atoms with Crippen LogP contribution in [0.25, 0.3) is 0 Å². The molecule has 1 N–H and O–H groups in total. The van der Waals surface area contributed by atoms with Crippen LogP contribution >= 0.6 is 0 Å². The van der Waals surface area contributed by atoms with Crippen molar-refractivity contribution in [2.75, 3.05) is 6.54 Å². The number of aryl methyl sites for hydroxylation is 1. The summed E-state index contributed by atoms with van der Waals surface area (Å²) in [7, 11) is 0. The summed E-state index contributed by atoms with van der Waals surface area (Å²) in [5.74, 6) is 0. The molecule has 0 spiro atoms. The molecule has 0 radical (unpaired) electrons. The molecule has 1 aromatic heterocycles. The van der Waals surface area contributed by atoms with Gasteiger partial charge in [0.15, 0.2) is 0 Å². The molecule has 1 aromatic rings. The summed E-state index contributed by atoms with van der Waals surface area (Å²) in [6.07, 6.45) is 8.70. The highest BCUT2D eigenvalue weighted by atomic mass is 15.2. The maximum absolute atomic E-state index is 4.60. The number of piperidine rings is 2. The van der Waals surface area contributed by atoms with Gasteiger partial charge in [0, 0.05) is 30.9 Å². The second-order valence-electron chi connectivity index (χ2n) is 6.40. The molecule has 3 heterocycles. The van der Waals surface area contributed by atoms with Crippen molar-refractivity contribution in [2.45, 2.75) is 70.6 Å². The van der Waals surface area contributed by atoms with Gasteiger partial charge in [-0.3, -0.25) is 9.88 Å². The Balaban J connectivity index is 1.72. The van der Waals surface area contributed by atoms with Crippen molar-refractivity contribution < 1.29 is 0 Å². The molecule has 0 aliphatic carbocycles. The van der Waals surface area contributed by atoms with Gasteiger partial charge in [-0.15, -0.1) is 0 Å². The summed E-state index contributed by atoms with van der Waals surface area (Å²) >= 11 is 0. The summed E-state index contributed by atoms with van der Waals surface area (Å²) in [5, 5.41) is 3.67. The second-order valence-corrected chi connectivity index (χ2v) is 6.40. The van der Waals surface area contributed by atoms with Crippen molar-refractivity contribution >= 4 is 0 Å². The first-order valence-corrected chi connectivity index (χ1v) is 8.17. The molecule has 3 nitrogen and oxygen atoms in total. The Hall–Kier alpha value is -0.930. The minimum Gasteiger partial charge on any atom is -0.314 e. The van der Waals surface area contributed by atoms with Crippen molar-refractivity contribution in [3.63, 3.8) is 0 Å². The molecule has 2 aliphatic rings. The molecule has 110 valence electrons. The normalized spacial score (nSPS) is 30.4. The van der Waals surface area contributed by atoms with E-state index in [0.717, 1.165) is 31.2 Å². The first-order valence-electron chi connectivity index (χ1n) is 8.17. The molecule has 0 amide bonds. The Morgan fingerprint density at radius 2 is 2.05 bits per heavy atom. The third-order valence-corrected chi connectivity index (χ3v) is 5.07. The number of hydrogen-bond donors (Lipinski definition) is 1. The van der Waals surface area contributed by atoms with E-state index in [0.29, 0.717) is 0 Å². The fourth-order valence-electron chi connectivity index (χ4n) is 4.05. The second kappa shape index (κ2) is 6.23. The van der Waals surface area contributed by atoms with Crippen molar-refractivity contribution in [1.29, 1.82) is 0 Å². The number of hydrogen-bond acceptors (Lipinski definition) is 3. The smallest absolute Gasteiger partial charge is 0.0573 e. The van der Waals surface area contributed by atoms with Gasteiger partial charge < -0.3 is 5.32 Å². The molecule has 2 bridgehead atoms. The van der Waals surface area contributed by atoms with E-state index in [4.69, 9.17) is 0 Å². The van der Waals surface area contributed by atoms with E-state index in [1.165, 1.54) is 43.4 Å². The van der Waals surface area contributed by atoms with Gasteiger partial charge in [0.2, 0.25) is 0 Å². The number of fused-ring (bicyclic) bond motifs is 2. The van der Waals surface area contributed by atoms with Gasteiger partial charge in [-0.05, 0) is 50.8 Å². The van der Waals surface area contributed by atoms with Crippen molar-refractivity contribution in [2.24, 2.45) is 0 Å². The third kappa shape index (κ3) is 2.89. The number of nitrogens with zero attached hydrogens (tertiary/aromatic N) is 2. The zero-order valence-corrected chi connectivity index (χ0v) is 12.8. The quantitative estimate of drug-likeness (QED) is 0.914. The molecule has 2 atom stereocenters. The molecule has 2 saturated heterocycles. The summed E-state index contributed by atoms with van der Waals surface area (Å²) in [6, 6.07) is 6.47. The molecule has 0 aromatic carbocycles. The van der Waals surface area contributed by atoms with Crippen LogP contribution in [-0.4, -0.2) is 34.6 Å². The number of aromatic nitrogens is 1. The Morgan fingerprint density at radius 3 is 2.70 bits per heavy atom. The molecule has 2 aliphatic heterocycles.